The van der Waals surface area contributed by atoms with Gasteiger partial charge in [-0.15, -0.1) is 0 Å². The van der Waals surface area contributed by atoms with E-state index in [-0.39, 0.29) is 18.1 Å². The molecule has 0 fully saturated rings. The monoisotopic (exact) mass is 297 g/mol. The number of hydrogen-bond donors (Lipinski definition) is 2. The number of aliphatic hydroxyl groups is 1. The Balaban J connectivity index is 2.72. The number of rotatable bonds is 7. The van der Waals surface area contributed by atoms with Crippen LogP contribution in [0.1, 0.15) is 39.7 Å². The minimum absolute atomic E-state index is 0.105. The Morgan fingerprint density at radius 1 is 1.25 bits per heavy atom. The third kappa shape index (κ3) is 5.35. The minimum Gasteiger partial charge on any atom is -0.396 e. The molecule has 0 radical (unpaired) electrons. The predicted molar refractivity (Wildman–Crippen MR) is 85.6 cm³/mol. The SMILES string of the molecule is CCNC(CCO)CS(=O)c1ccc(C(C)(C)C)cc1. The molecular formula is C16H27NO2S. The van der Waals surface area contributed by atoms with Crippen LogP contribution in [0, 0.1) is 0 Å². The molecule has 0 saturated carbocycles. The quantitative estimate of drug-likeness (QED) is 0.813. The van der Waals surface area contributed by atoms with Gasteiger partial charge in [0, 0.05) is 23.3 Å². The molecule has 2 atom stereocenters. The second kappa shape index (κ2) is 7.91. The second-order valence-corrected chi connectivity index (χ2v) is 7.55. The molecule has 0 amide bonds. The fraction of sp³-hybridized carbons (Fsp3) is 0.625. The van der Waals surface area contributed by atoms with Gasteiger partial charge in [0.25, 0.3) is 0 Å². The average molecular weight is 297 g/mol. The average Bonchev–Trinajstić information content (AvgIpc) is 2.38. The Hall–Kier alpha value is -0.710. The highest BCUT2D eigenvalue weighted by atomic mass is 32.2. The van der Waals surface area contributed by atoms with E-state index < -0.39 is 10.8 Å². The first-order valence-electron chi connectivity index (χ1n) is 7.21. The van der Waals surface area contributed by atoms with Crippen molar-refractivity contribution in [1.82, 2.24) is 5.32 Å². The van der Waals surface area contributed by atoms with Gasteiger partial charge in [-0.3, -0.25) is 4.21 Å². The lowest BCUT2D eigenvalue weighted by Crippen LogP contribution is -2.34. The zero-order chi connectivity index (χ0) is 15.2. The van der Waals surface area contributed by atoms with Gasteiger partial charge in [-0.1, -0.05) is 39.8 Å². The summed E-state index contributed by atoms with van der Waals surface area (Å²) in [5.74, 6) is 0.545. The number of aliphatic hydroxyl groups excluding tert-OH is 1. The zero-order valence-electron chi connectivity index (χ0n) is 13.0. The third-order valence-corrected chi connectivity index (χ3v) is 4.81. The zero-order valence-corrected chi connectivity index (χ0v) is 13.8. The van der Waals surface area contributed by atoms with Crippen molar-refractivity contribution in [3.8, 4) is 0 Å². The molecule has 0 saturated heterocycles. The molecule has 0 spiro atoms. The van der Waals surface area contributed by atoms with Gasteiger partial charge in [0.1, 0.15) is 0 Å². The van der Waals surface area contributed by atoms with Crippen LogP contribution >= 0.6 is 0 Å². The Morgan fingerprint density at radius 2 is 1.85 bits per heavy atom. The lowest BCUT2D eigenvalue weighted by atomic mass is 9.87. The molecule has 2 N–H and O–H groups in total. The minimum atomic E-state index is -1.03. The van der Waals surface area contributed by atoms with E-state index in [0.717, 1.165) is 11.4 Å². The van der Waals surface area contributed by atoms with Gasteiger partial charge in [-0.2, -0.15) is 0 Å². The highest BCUT2D eigenvalue weighted by molar-refractivity contribution is 7.85. The molecule has 4 heteroatoms. The van der Waals surface area contributed by atoms with E-state index in [9.17, 15) is 4.21 Å². The van der Waals surface area contributed by atoms with Crippen LogP contribution < -0.4 is 5.32 Å². The van der Waals surface area contributed by atoms with Gasteiger partial charge in [0.2, 0.25) is 0 Å². The molecule has 1 aromatic rings. The van der Waals surface area contributed by atoms with Gasteiger partial charge < -0.3 is 10.4 Å². The summed E-state index contributed by atoms with van der Waals surface area (Å²) < 4.78 is 12.4. The van der Waals surface area contributed by atoms with Crippen molar-refractivity contribution in [2.75, 3.05) is 18.9 Å². The summed E-state index contributed by atoms with van der Waals surface area (Å²) in [5.41, 5.74) is 1.36. The molecule has 2 unspecified atom stereocenters. The van der Waals surface area contributed by atoms with Crippen LogP contribution in [0.5, 0.6) is 0 Å². The Kier molecular flexibility index (Phi) is 6.86. The van der Waals surface area contributed by atoms with E-state index in [0.29, 0.717) is 12.2 Å². The van der Waals surface area contributed by atoms with E-state index >= 15 is 0 Å². The second-order valence-electron chi connectivity index (χ2n) is 6.05. The molecule has 1 aromatic carbocycles. The molecule has 3 nitrogen and oxygen atoms in total. The standard InChI is InChI=1S/C16H27NO2S/c1-5-17-14(10-11-18)12-20(19)15-8-6-13(7-9-15)16(2,3)4/h6-9,14,17-18H,5,10-12H2,1-4H3. The van der Waals surface area contributed by atoms with Crippen LogP contribution in [-0.4, -0.2) is 34.3 Å². The molecule has 0 aliphatic carbocycles. The van der Waals surface area contributed by atoms with Gasteiger partial charge in [0.15, 0.2) is 0 Å². The van der Waals surface area contributed by atoms with E-state index in [1.807, 2.05) is 19.1 Å². The van der Waals surface area contributed by atoms with E-state index in [2.05, 4.69) is 38.2 Å². The lowest BCUT2D eigenvalue weighted by Gasteiger charge is -2.20. The van der Waals surface area contributed by atoms with Crippen molar-refractivity contribution in [2.24, 2.45) is 0 Å². The van der Waals surface area contributed by atoms with Gasteiger partial charge >= 0.3 is 0 Å². The van der Waals surface area contributed by atoms with Gasteiger partial charge in [-0.05, 0) is 36.1 Å². The maximum absolute atomic E-state index is 12.4. The van der Waals surface area contributed by atoms with Crippen LogP contribution in [0.3, 0.4) is 0 Å². The van der Waals surface area contributed by atoms with Crippen molar-refractivity contribution in [3.63, 3.8) is 0 Å². The number of hydrogen-bond acceptors (Lipinski definition) is 3. The van der Waals surface area contributed by atoms with Crippen molar-refractivity contribution in [2.45, 2.75) is 50.5 Å². The maximum Gasteiger partial charge on any atom is 0.0545 e. The summed E-state index contributed by atoms with van der Waals surface area (Å²) in [6.45, 7) is 9.47. The fourth-order valence-electron chi connectivity index (χ4n) is 2.07. The van der Waals surface area contributed by atoms with E-state index in [1.165, 1.54) is 5.56 Å². The number of benzene rings is 1. The summed E-state index contributed by atoms with van der Waals surface area (Å²) in [6.07, 6.45) is 0.639. The van der Waals surface area contributed by atoms with Gasteiger partial charge in [-0.25, -0.2) is 0 Å². The highest BCUT2D eigenvalue weighted by Crippen LogP contribution is 2.23. The summed E-state index contributed by atoms with van der Waals surface area (Å²) in [6, 6.07) is 8.13. The van der Waals surface area contributed by atoms with Crippen molar-refractivity contribution in [3.05, 3.63) is 29.8 Å². The highest BCUT2D eigenvalue weighted by Gasteiger charge is 2.16. The van der Waals surface area contributed by atoms with E-state index in [1.54, 1.807) is 0 Å². The molecule has 0 bridgehead atoms. The van der Waals surface area contributed by atoms with Crippen molar-refractivity contribution in [1.29, 1.82) is 0 Å². The van der Waals surface area contributed by atoms with Crippen LogP contribution in [0.15, 0.2) is 29.2 Å². The lowest BCUT2D eigenvalue weighted by molar-refractivity contribution is 0.270. The van der Waals surface area contributed by atoms with Crippen LogP contribution in [-0.2, 0) is 16.2 Å². The molecule has 0 aliphatic rings. The topological polar surface area (TPSA) is 49.3 Å². The predicted octanol–water partition coefficient (Wildman–Crippen LogP) is 2.45. The maximum atomic E-state index is 12.4. The van der Waals surface area contributed by atoms with Crippen LogP contribution in [0.2, 0.25) is 0 Å². The molecule has 0 aromatic heterocycles. The Morgan fingerprint density at radius 3 is 2.30 bits per heavy atom. The molecule has 0 aliphatic heterocycles. The summed E-state index contributed by atoms with van der Waals surface area (Å²) in [5, 5.41) is 12.3. The van der Waals surface area contributed by atoms with Crippen LogP contribution in [0.25, 0.3) is 0 Å². The largest absolute Gasteiger partial charge is 0.396 e. The summed E-state index contributed by atoms with van der Waals surface area (Å²) in [4.78, 5) is 0.860. The molecule has 0 heterocycles. The summed E-state index contributed by atoms with van der Waals surface area (Å²) in [7, 11) is -1.03. The first kappa shape index (κ1) is 17.3. The number of nitrogens with one attached hydrogen (secondary N) is 1. The summed E-state index contributed by atoms with van der Waals surface area (Å²) >= 11 is 0. The molecule has 114 valence electrons. The van der Waals surface area contributed by atoms with Crippen molar-refractivity contribution >= 4 is 10.8 Å². The van der Waals surface area contributed by atoms with Gasteiger partial charge in [0.05, 0.1) is 10.8 Å². The third-order valence-electron chi connectivity index (χ3n) is 3.31. The Labute approximate surface area is 125 Å². The first-order valence-corrected chi connectivity index (χ1v) is 8.53. The normalized spacial score (nSPS) is 15.1. The molecule has 1 rings (SSSR count). The Bertz CT molecular complexity index is 417. The van der Waals surface area contributed by atoms with Crippen LogP contribution in [0.4, 0.5) is 0 Å². The van der Waals surface area contributed by atoms with Crippen molar-refractivity contribution < 1.29 is 9.32 Å². The molecular weight excluding hydrogens is 270 g/mol. The van der Waals surface area contributed by atoms with E-state index in [4.69, 9.17) is 5.11 Å². The molecule has 20 heavy (non-hydrogen) atoms. The first-order chi connectivity index (χ1) is 9.38. The fourth-order valence-corrected chi connectivity index (χ4v) is 3.36. The smallest absolute Gasteiger partial charge is 0.0545 e.